The lowest BCUT2D eigenvalue weighted by Crippen LogP contribution is -1.95. The molecule has 4 heteroatoms. The predicted octanol–water partition coefficient (Wildman–Crippen LogP) is 2.94. The second-order valence-corrected chi connectivity index (χ2v) is 4.02. The van der Waals surface area contributed by atoms with Gasteiger partial charge in [-0.15, -0.1) is 0 Å². The molecule has 0 spiro atoms. The lowest BCUT2D eigenvalue weighted by molar-refractivity contribution is 0.260. The van der Waals surface area contributed by atoms with Gasteiger partial charge in [-0.2, -0.15) is 5.26 Å². The number of aromatic nitrogens is 1. The number of oxazole rings is 1. The first-order chi connectivity index (χ1) is 8.69. The normalized spacial score (nSPS) is 10.1. The van der Waals surface area contributed by atoms with E-state index in [0.29, 0.717) is 18.9 Å². The van der Waals surface area contributed by atoms with Crippen molar-refractivity contribution in [3.63, 3.8) is 0 Å². The summed E-state index contributed by atoms with van der Waals surface area (Å²) in [6, 6.07) is 9.55. The molecule has 0 fully saturated rings. The number of hydrogen-bond acceptors (Lipinski definition) is 4. The molecule has 1 aromatic carbocycles. The monoisotopic (exact) mass is 242 g/mol. The number of hydrogen-bond donors (Lipinski definition) is 0. The van der Waals surface area contributed by atoms with Crippen molar-refractivity contribution in [2.75, 3.05) is 0 Å². The largest absolute Gasteiger partial charge is 0.484 e. The number of benzene rings is 1. The molecule has 0 aliphatic rings. The fraction of sp³-hybridized carbons (Fsp3) is 0.286. The molecule has 0 saturated carbocycles. The molecule has 1 heterocycles. The Hall–Kier alpha value is -2.28. The van der Waals surface area contributed by atoms with Crippen LogP contribution in [-0.2, 0) is 13.0 Å². The van der Waals surface area contributed by atoms with Crippen LogP contribution in [0.25, 0.3) is 0 Å². The van der Waals surface area contributed by atoms with Gasteiger partial charge in [0.25, 0.3) is 0 Å². The van der Waals surface area contributed by atoms with E-state index in [2.05, 4.69) is 11.1 Å². The van der Waals surface area contributed by atoms with E-state index < -0.39 is 0 Å². The van der Waals surface area contributed by atoms with E-state index in [-0.39, 0.29) is 0 Å². The van der Waals surface area contributed by atoms with E-state index in [9.17, 15) is 0 Å². The Bertz CT molecular complexity index is 545. The van der Waals surface area contributed by atoms with Gasteiger partial charge < -0.3 is 9.15 Å². The van der Waals surface area contributed by atoms with Gasteiger partial charge in [0.2, 0.25) is 5.89 Å². The van der Waals surface area contributed by atoms with Crippen molar-refractivity contribution < 1.29 is 9.15 Å². The molecular formula is C14H14N2O2. The summed E-state index contributed by atoms with van der Waals surface area (Å²) < 4.78 is 11.0. The SMILES string of the molecule is Cc1nc(COc2ccc(CC#N)cc2)oc1C. The maximum Gasteiger partial charge on any atom is 0.232 e. The number of nitriles is 1. The molecule has 2 rings (SSSR count). The van der Waals surface area contributed by atoms with Crippen LogP contribution in [0.1, 0.15) is 22.9 Å². The third kappa shape index (κ3) is 2.89. The molecule has 0 atom stereocenters. The van der Waals surface area contributed by atoms with Gasteiger partial charge in [-0.3, -0.25) is 0 Å². The average Bonchev–Trinajstić information content (AvgIpc) is 2.68. The molecule has 0 N–H and O–H groups in total. The third-order valence-corrected chi connectivity index (χ3v) is 2.64. The van der Waals surface area contributed by atoms with Crippen LogP contribution in [0.3, 0.4) is 0 Å². The first-order valence-electron chi connectivity index (χ1n) is 5.70. The summed E-state index contributed by atoms with van der Waals surface area (Å²) in [6.45, 7) is 4.09. The van der Waals surface area contributed by atoms with Crippen molar-refractivity contribution >= 4 is 0 Å². The summed E-state index contributed by atoms with van der Waals surface area (Å²) in [7, 11) is 0. The highest BCUT2D eigenvalue weighted by Gasteiger charge is 2.05. The Balaban J connectivity index is 1.96. The number of nitrogens with zero attached hydrogens (tertiary/aromatic N) is 2. The van der Waals surface area contributed by atoms with Crippen LogP contribution in [0, 0.1) is 25.2 Å². The topological polar surface area (TPSA) is 59.0 Å². The van der Waals surface area contributed by atoms with Gasteiger partial charge in [-0.05, 0) is 31.5 Å². The smallest absolute Gasteiger partial charge is 0.232 e. The van der Waals surface area contributed by atoms with Crippen molar-refractivity contribution in [3.8, 4) is 11.8 Å². The van der Waals surface area contributed by atoms with Crippen LogP contribution < -0.4 is 4.74 Å². The summed E-state index contributed by atoms with van der Waals surface area (Å²) in [6.07, 6.45) is 0.415. The molecule has 0 bridgehead atoms. The molecule has 0 saturated heterocycles. The minimum absolute atomic E-state index is 0.312. The van der Waals surface area contributed by atoms with Gasteiger partial charge in [0.05, 0.1) is 18.2 Å². The fourth-order valence-corrected chi connectivity index (χ4v) is 1.54. The highest BCUT2D eigenvalue weighted by Crippen LogP contribution is 2.15. The van der Waals surface area contributed by atoms with E-state index in [4.69, 9.17) is 14.4 Å². The lowest BCUT2D eigenvalue weighted by Gasteiger charge is -2.03. The van der Waals surface area contributed by atoms with E-state index in [0.717, 1.165) is 22.8 Å². The van der Waals surface area contributed by atoms with Gasteiger partial charge in [0.15, 0.2) is 6.61 Å². The molecule has 1 aromatic heterocycles. The molecule has 0 aliphatic heterocycles. The van der Waals surface area contributed by atoms with Crippen LogP contribution in [0.15, 0.2) is 28.7 Å². The zero-order valence-electron chi connectivity index (χ0n) is 10.4. The Morgan fingerprint density at radius 2 is 2.00 bits per heavy atom. The summed E-state index contributed by atoms with van der Waals surface area (Å²) >= 11 is 0. The predicted molar refractivity (Wildman–Crippen MR) is 66.1 cm³/mol. The third-order valence-electron chi connectivity index (χ3n) is 2.64. The maximum atomic E-state index is 8.57. The number of ether oxygens (including phenoxy) is 1. The minimum Gasteiger partial charge on any atom is -0.484 e. The van der Waals surface area contributed by atoms with E-state index >= 15 is 0 Å². The lowest BCUT2D eigenvalue weighted by atomic mass is 10.2. The maximum absolute atomic E-state index is 8.57. The number of rotatable bonds is 4. The summed E-state index contributed by atoms with van der Waals surface area (Å²) in [5.74, 6) is 2.13. The molecule has 0 radical (unpaired) electrons. The van der Waals surface area contributed by atoms with Gasteiger partial charge >= 0.3 is 0 Å². The summed E-state index contributed by atoms with van der Waals surface area (Å²) in [4.78, 5) is 4.24. The van der Waals surface area contributed by atoms with Crippen LogP contribution in [0.4, 0.5) is 0 Å². The Morgan fingerprint density at radius 1 is 1.28 bits per heavy atom. The van der Waals surface area contributed by atoms with Gasteiger partial charge in [0.1, 0.15) is 11.5 Å². The van der Waals surface area contributed by atoms with E-state index in [1.54, 1.807) is 0 Å². The molecule has 18 heavy (non-hydrogen) atoms. The molecule has 2 aromatic rings. The first-order valence-corrected chi connectivity index (χ1v) is 5.70. The van der Waals surface area contributed by atoms with Crippen LogP contribution in [0.5, 0.6) is 5.75 Å². The minimum atomic E-state index is 0.312. The zero-order valence-corrected chi connectivity index (χ0v) is 10.4. The van der Waals surface area contributed by atoms with Crippen molar-refractivity contribution in [2.45, 2.75) is 26.9 Å². The standard InChI is InChI=1S/C14H14N2O2/c1-10-11(2)18-14(16-10)9-17-13-5-3-12(4-6-13)7-8-15/h3-6H,7,9H2,1-2H3. The van der Waals surface area contributed by atoms with Crippen LogP contribution >= 0.6 is 0 Å². The Morgan fingerprint density at radius 3 is 2.56 bits per heavy atom. The van der Waals surface area contributed by atoms with Gasteiger partial charge in [-0.25, -0.2) is 4.98 Å². The Kier molecular flexibility index (Phi) is 3.63. The summed E-state index contributed by atoms with van der Waals surface area (Å²) in [5, 5.41) is 8.57. The first kappa shape index (κ1) is 12.2. The van der Waals surface area contributed by atoms with E-state index in [1.165, 1.54) is 0 Å². The molecule has 92 valence electrons. The van der Waals surface area contributed by atoms with Crippen molar-refractivity contribution in [3.05, 3.63) is 47.2 Å². The van der Waals surface area contributed by atoms with Crippen molar-refractivity contribution in [1.82, 2.24) is 4.98 Å². The quantitative estimate of drug-likeness (QED) is 0.827. The average molecular weight is 242 g/mol. The second-order valence-electron chi connectivity index (χ2n) is 4.02. The van der Waals surface area contributed by atoms with E-state index in [1.807, 2.05) is 38.1 Å². The molecule has 0 aliphatic carbocycles. The van der Waals surface area contributed by atoms with Crippen LogP contribution in [-0.4, -0.2) is 4.98 Å². The fourth-order valence-electron chi connectivity index (χ4n) is 1.54. The molecule has 4 nitrogen and oxygen atoms in total. The highest BCUT2D eigenvalue weighted by atomic mass is 16.5. The van der Waals surface area contributed by atoms with Gasteiger partial charge in [-0.1, -0.05) is 12.1 Å². The number of aryl methyl sites for hydroxylation is 2. The molecular weight excluding hydrogens is 228 g/mol. The second kappa shape index (κ2) is 5.37. The summed E-state index contributed by atoms with van der Waals surface area (Å²) in [5.41, 5.74) is 1.87. The van der Waals surface area contributed by atoms with Crippen LogP contribution in [0.2, 0.25) is 0 Å². The zero-order chi connectivity index (χ0) is 13.0. The van der Waals surface area contributed by atoms with Gasteiger partial charge in [0, 0.05) is 0 Å². The Labute approximate surface area is 106 Å². The molecule has 0 unspecified atom stereocenters. The van der Waals surface area contributed by atoms with Crippen molar-refractivity contribution in [1.29, 1.82) is 5.26 Å². The highest BCUT2D eigenvalue weighted by molar-refractivity contribution is 5.28. The van der Waals surface area contributed by atoms with Crippen molar-refractivity contribution in [2.24, 2.45) is 0 Å². The molecule has 0 amide bonds.